The lowest BCUT2D eigenvalue weighted by Gasteiger charge is -2.42. The topological polar surface area (TPSA) is 9.23 Å². The van der Waals surface area contributed by atoms with Crippen LogP contribution in [-0.2, 0) is 4.74 Å². The summed E-state index contributed by atoms with van der Waals surface area (Å²) >= 11 is 0. The van der Waals surface area contributed by atoms with Crippen LogP contribution in [0.3, 0.4) is 0 Å². The zero-order chi connectivity index (χ0) is 20.5. The van der Waals surface area contributed by atoms with Gasteiger partial charge < -0.3 is 4.74 Å². The van der Waals surface area contributed by atoms with Gasteiger partial charge >= 0.3 is 0 Å². The highest BCUT2D eigenvalue weighted by Gasteiger charge is 2.37. The fourth-order valence-corrected chi connectivity index (χ4v) is 5.38. The Morgan fingerprint density at radius 3 is 2.41 bits per heavy atom. The predicted molar refractivity (Wildman–Crippen MR) is 109 cm³/mol. The Bertz CT molecular complexity index is 879. The number of hydrogen-bond donors (Lipinski definition) is 0. The molecule has 2 aromatic carbocycles. The van der Waals surface area contributed by atoms with Crippen LogP contribution in [-0.4, -0.2) is 12.7 Å². The average Bonchev–Trinajstić information content (AvgIpc) is 2.72. The Morgan fingerprint density at radius 2 is 1.66 bits per heavy atom. The Kier molecular flexibility index (Phi) is 6.00. The molecule has 4 unspecified atom stereocenters. The summed E-state index contributed by atoms with van der Waals surface area (Å²) in [5.74, 6) is -0.786. The number of hydrogen-bond acceptors (Lipinski definition) is 1. The summed E-state index contributed by atoms with van der Waals surface area (Å²) in [6, 6.07) is 7.82. The number of fused-ring (bicyclic) bond motifs is 1. The van der Waals surface area contributed by atoms with E-state index < -0.39 is 17.5 Å². The molecule has 0 N–H and O–H groups in total. The highest BCUT2D eigenvalue weighted by Crippen LogP contribution is 2.47. The highest BCUT2D eigenvalue weighted by molar-refractivity contribution is 5.65. The molecule has 0 radical (unpaired) electrons. The molecule has 2 aromatic rings. The Morgan fingerprint density at radius 1 is 0.897 bits per heavy atom. The maximum atomic E-state index is 15.0. The van der Waals surface area contributed by atoms with Gasteiger partial charge in [-0.25, -0.2) is 13.2 Å². The summed E-state index contributed by atoms with van der Waals surface area (Å²) in [5, 5.41) is 0. The third-order valence-corrected chi connectivity index (χ3v) is 7.00. The monoisotopic (exact) mass is 402 g/mol. The van der Waals surface area contributed by atoms with Crippen molar-refractivity contribution in [2.45, 2.75) is 64.4 Å². The lowest BCUT2D eigenvalue weighted by Crippen LogP contribution is -2.34. The molecule has 2 fully saturated rings. The molecule has 2 aliphatic rings. The second kappa shape index (κ2) is 8.51. The van der Waals surface area contributed by atoms with Gasteiger partial charge in [0.05, 0.1) is 6.10 Å². The number of aryl methyl sites for hydroxylation is 1. The van der Waals surface area contributed by atoms with Crippen LogP contribution in [0.2, 0.25) is 0 Å². The first-order valence-corrected chi connectivity index (χ1v) is 10.8. The van der Waals surface area contributed by atoms with E-state index in [-0.39, 0.29) is 11.5 Å². The first kappa shape index (κ1) is 20.5. The zero-order valence-corrected chi connectivity index (χ0v) is 17.2. The van der Waals surface area contributed by atoms with Crippen LogP contribution in [0.25, 0.3) is 11.1 Å². The second-order valence-corrected chi connectivity index (χ2v) is 8.71. The first-order chi connectivity index (χ1) is 14.0. The Balaban J connectivity index is 1.53. The van der Waals surface area contributed by atoms with E-state index in [1.165, 1.54) is 6.07 Å². The largest absolute Gasteiger partial charge is 0.378 e. The number of halogens is 3. The van der Waals surface area contributed by atoms with Gasteiger partial charge in [-0.1, -0.05) is 24.3 Å². The summed E-state index contributed by atoms with van der Waals surface area (Å²) in [4.78, 5) is 0. The standard InChI is InChI=1S/C25H29F3O/c1-3-29-20-9-8-16-12-18(7-6-17(16)13-20)21-10-11-22(25(28)24(21)27)19-5-4-15(2)23(26)14-19/h4-5,10-11,14,16-18,20H,3,6-9,12-13H2,1-2H3. The van der Waals surface area contributed by atoms with Crippen molar-refractivity contribution >= 4 is 0 Å². The van der Waals surface area contributed by atoms with E-state index in [9.17, 15) is 8.78 Å². The predicted octanol–water partition coefficient (Wildman–Crippen LogP) is 7.17. The smallest absolute Gasteiger partial charge is 0.166 e. The van der Waals surface area contributed by atoms with Crippen LogP contribution in [0.5, 0.6) is 0 Å². The third-order valence-electron chi connectivity index (χ3n) is 7.00. The van der Waals surface area contributed by atoms with Gasteiger partial charge in [-0.15, -0.1) is 0 Å². The van der Waals surface area contributed by atoms with Gasteiger partial charge in [0.15, 0.2) is 11.6 Å². The second-order valence-electron chi connectivity index (χ2n) is 8.71. The molecule has 2 saturated carbocycles. The van der Waals surface area contributed by atoms with E-state index >= 15 is 4.39 Å². The van der Waals surface area contributed by atoms with Crippen LogP contribution < -0.4 is 0 Å². The van der Waals surface area contributed by atoms with Crippen molar-refractivity contribution in [2.75, 3.05) is 6.61 Å². The quantitative estimate of drug-likeness (QED) is 0.527. The van der Waals surface area contributed by atoms with Crippen LogP contribution in [0.4, 0.5) is 13.2 Å². The summed E-state index contributed by atoms with van der Waals surface area (Å²) in [7, 11) is 0. The molecule has 29 heavy (non-hydrogen) atoms. The van der Waals surface area contributed by atoms with Gasteiger partial charge in [0.2, 0.25) is 0 Å². The van der Waals surface area contributed by atoms with Crippen molar-refractivity contribution in [1.82, 2.24) is 0 Å². The van der Waals surface area contributed by atoms with E-state index in [1.54, 1.807) is 31.2 Å². The normalized spacial score (nSPS) is 26.9. The van der Waals surface area contributed by atoms with Crippen molar-refractivity contribution in [3.8, 4) is 11.1 Å². The van der Waals surface area contributed by atoms with Crippen molar-refractivity contribution < 1.29 is 17.9 Å². The average molecular weight is 403 g/mol. The van der Waals surface area contributed by atoms with E-state index in [2.05, 4.69) is 0 Å². The number of ether oxygens (including phenoxy) is 1. The van der Waals surface area contributed by atoms with Crippen molar-refractivity contribution in [3.63, 3.8) is 0 Å². The molecule has 0 amide bonds. The molecule has 4 heteroatoms. The molecule has 156 valence electrons. The fraction of sp³-hybridized carbons (Fsp3) is 0.520. The fourth-order valence-electron chi connectivity index (χ4n) is 5.38. The molecule has 0 heterocycles. The molecule has 2 aliphatic carbocycles. The van der Waals surface area contributed by atoms with E-state index in [0.29, 0.717) is 34.6 Å². The minimum Gasteiger partial charge on any atom is -0.378 e. The van der Waals surface area contributed by atoms with Crippen molar-refractivity contribution in [2.24, 2.45) is 11.8 Å². The van der Waals surface area contributed by atoms with Gasteiger partial charge in [-0.2, -0.15) is 0 Å². The minimum atomic E-state index is -0.868. The molecule has 4 atom stereocenters. The lowest BCUT2D eigenvalue weighted by atomic mass is 9.65. The molecule has 1 nitrogen and oxygen atoms in total. The third kappa shape index (κ3) is 4.09. The zero-order valence-electron chi connectivity index (χ0n) is 17.2. The van der Waals surface area contributed by atoms with Gasteiger partial charge in [0, 0.05) is 12.2 Å². The molecule has 0 spiro atoms. The van der Waals surface area contributed by atoms with E-state index in [4.69, 9.17) is 4.74 Å². The maximum absolute atomic E-state index is 15.0. The summed E-state index contributed by atoms with van der Waals surface area (Å²) in [6.45, 7) is 4.44. The molecular weight excluding hydrogens is 373 g/mol. The van der Waals surface area contributed by atoms with Gasteiger partial charge in [-0.05, 0) is 92.9 Å². The first-order valence-electron chi connectivity index (χ1n) is 10.8. The van der Waals surface area contributed by atoms with Crippen LogP contribution in [0.15, 0.2) is 30.3 Å². The molecule has 0 saturated heterocycles. The maximum Gasteiger partial charge on any atom is 0.166 e. The van der Waals surface area contributed by atoms with E-state index in [1.807, 2.05) is 6.92 Å². The SMILES string of the molecule is CCOC1CCC2CC(c3ccc(-c4ccc(C)c(F)c4)c(F)c3F)CCC2C1. The number of benzene rings is 2. The Labute approximate surface area is 171 Å². The highest BCUT2D eigenvalue weighted by atomic mass is 19.2. The van der Waals surface area contributed by atoms with Crippen LogP contribution in [0, 0.1) is 36.2 Å². The lowest BCUT2D eigenvalue weighted by molar-refractivity contribution is -0.00970. The molecule has 0 aliphatic heterocycles. The Hall–Kier alpha value is -1.81. The summed E-state index contributed by atoms with van der Waals surface area (Å²) in [6.07, 6.45) is 6.48. The van der Waals surface area contributed by atoms with Gasteiger partial charge in [0.1, 0.15) is 5.82 Å². The number of rotatable bonds is 4. The summed E-state index contributed by atoms with van der Waals surface area (Å²) < 4.78 is 49.6. The van der Waals surface area contributed by atoms with Crippen molar-refractivity contribution in [1.29, 1.82) is 0 Å². The molecule has 0 bridgehead atoms. The van der Waals surface area contributed by atoms with Crippen LogP contribution >= 0.6 is 0 Å². The minimum absolute atomic E-state index is 0.0539. The van der Waals surface area contributed by atoms with Gasteiger partial charge in [-0.3, -0.25) is 0 Å². The summed E-state index contributed by atoms with van der Waals surface area (Å²) in [5.41, 5.74) is 1.45. The molecule has 0 aromatic heterocycles. The van der Waals surface area contributed by atoms with E-state index in [0.717, 1.165) is 45.1 Å². The van der Waals surface area contributed by atoms with Crippen molar-refractivity contribution in [3.05, 3.63) is 58.9 Å². The van der Waals surface area contributed by atoms with Crippen LogP contribution in [0.1, 0.15) is 62.5 Å². The molecular formula is C25H29F3O. The molecule has 4 rings (SSSR count). The van der Waals surface area contributed by atoms with Gasteiger partial charge in [0.25, 0.3) is 0 Å².